The van der Waals surface area contributed by atoms with Crippen molar-refractivity contribution in [3.8, 4) is 5.75 Å². The van der Waals surface area contributed by atoms with E-state index in [0.717, 1.165) is 30.4 Å². The zero-order valence-corrected chi connectivity index (χ0v) is 25.4. The number of hydrogen-bond donors (Lipinski definition) is 1. The molecule has 3 amide bonds. The first-order valence-corrected chi connectivity index (χ1v) is 14.5. The lowest BCUT2D eigenvalue weighted by molar-refractivity contribution is -0.151. The third kappa shape index (κ3) is 6.77. The molecule has 0 saturated carbocycles. The number of amides is 3. The highest BCUT2D eigenvalue weighted by atomic mass is 19.1. The van der Waals surface area contributed by atoms with E-state index in [9.17, 15) is 32.8 Å². The molecule has 2 saturated heterocycles. The van der Waals surface area contributed by atoms with Gasteiger partial charge in [-0.2, -0.15) is 0 Å². The number of rotatable bonds is 8. The van der Waals surface area contributed by atoms with E-state index in [1.54, 1.807) is 25.7 Å². The van der Waals surface area contributed by atoms with Gasteiger partial charge in [0.2, 0.25) is 18.0 Å². The number of aromatic nitrogens is 1. The Bertz CT molecular complexity index is 1590. The van der Waals surface area contributed by atoms with Gasteiger partial charge in [0, 0.05) is 50.6 Å². The van der Waals surface area contributed by atoms with Gasteiger partial charge in [0.05, 0.1) is 6.54 Å². The molecule has 3 aliphatic heterocycles. The standard InChI is InChI=1S/C30H35F2N5O8/c1-30(2,3)45-29(42)34(4)15-23(38)43-16-44-26-24-28(41)37-12-19-6-5-9-36(19)22(37)14-35(24)13-20(25(26)39)27(40)33-11-17-7-8-18(31)10-21(17)32/h7-8,10,13,19,22H,5-6,9,11-12,14-16H2,1-4H3,(H,33,40)/t19-,22+/m1/s1. The molecule has 0 radical (unpaired) electrons. The van der Waals surface area contributed by atoms with Gasteiger partial charge in [-0.05, 0) is 39.7 Å². The largest absolute Gasteiger partial charge is 0.451 e. The first kappa shape index (κ1) is 31.9. The molecule has 5 rings (SSSR count). The van der Waals surface area contributed by atoms with Crippen LogP contribution in [0.4, 0.5) is 13.6 Å². The number of benzene rings is 1. The summed E-state index contributed by atoms with van der Waals surface area (Å²) in [6, 6.07) is 3.08. The highest BCUT2D eigenvalue weighted by Gasteiger charge is 2.48. The van der Waals surface area contributed by atoms with Gasteiger partial charge < -0.3 is 33.9 Å². The lowest BCUT2D eigenvalue weighted by atomic mass is 10.1. The molecule has 2 fully saturated rings. The number of pyridine rings is 1. The van der Waals surface area contributed by atoms with Gasteiger partial charge in [-0.3, -0.25) is 24.1 Å². The average Bonchev–Trinajstić information content (AvgIpc) is 3.55. The summed E-state index contributed by atoms with van der Waals surface area (Å²) in [4.78, 5) is 70.0. The van der Waals surface area contributed by atoms with E-state index in [0.29, 0.717) is 12.6 Å². The molecule has 3 aliphatic rings. The van der Waals surface area contributed by atoms with Crippen LogP contribution >= 0.6 is 0 Å². The van der Waals surface area contributed by atoms with Crippen molar-refractivity contribution in [1.29, 1.82) is 0 Å². The molecule has 2 atom stereocenters. The first-order chi connectivity index (χ1) is 21.2. The molecular weight excluding hydrogens is 596 g/mol. The minimum absolute atomic E-state index is 0.000557. The molecule has 0 bridgehead atoms. The lowest BCUT2D eigenvalue weighted by Crippen LogP contribution is -2.50. The van der Waals surface area contributed by atoms with E-state index >= 15 is 0 Å². The van der Waals surface area contributed by atoms with Crippen molar-refractivity contribution >= 4 is 23.9 Å². The predicted octanol–water partition coefficient (Wildman–Crippen LogP) is 2.06. The Morgan fingerprint density at radius 3 is 2.60 bits per heavy atom. The van der Waals surface area contributed by atoms with Crippen LogP contribution in [0.3, 0.4) is 0 Å². The van der Waals surface area contributed by atoms with Crippen LogP contribution < -0.4 is 15.5 Å². The zero-order chi connectivity index (χ0) is 32.6. The second kappa shape index (κ2) is 12.5. The Kier molecular flexibility index (Phi) is 8.83. The zero-order valence-electron chi connectivity index (χ0n) is 25.4. The lowest BCUT2D eigenvalue weighted by Gasteiger charge is -2.36. The quantitative estimate of drug-likeness (QED) is 0.343. The van der Waals surface area contributed by atoms with E-state index in [1.165, 1.54) is 23.9 Å². The fraction of sp³-hybridized carbons (Fsp3) is 0.500. The summed E-state index contributed by atoms with van der Waals surface area (Å²) in [6.45, 7) is 4.96. The number of nitrogens with zero attached hydrogens (tertiary/aromatic N) is 4. The SMILES string of the molecule is CN(CC(=O)OCOc1c2n(cc(C(=O)NCc3ccc(F)cc3F)c1=O)C[C@@H]1N(C[C@H]3CCCN31)C2=O)C(=O)OC(C)(C)C. The van der Waals surface area contributed by atoms with Crippen LogP contribution in [0, 0.1) is 11.6 Å². The van der Waals surface area contributed by atoms with Crippen LogP contribution in [-0.4, -0.2) is 94.4 Å². The van der Waals surface area contributed by atoms with E-state index in [1.807, 2.05) is 0 Å². The second-order valence-electron chi connectivity index (χ2n) is 12.2. The van der Waals surface area contributed by atoms with Crippen molar-refractivity contribution in [3.05, 3.63) is 63.1 Å². The van der Waals surface area contributed by atoms with Gasteiger partial charge in [0.25, 0.3) is 11.8 Å². The Balaban J connectivity index is 1.36. The number of carbonyl (C=O) groups is 4. The van der Waals surface area contributed by atoms with Crippen LogP contribution in [0.2, 0.25) is 0 Å². The average molecular weight is 632 g/mol. The van der Waals surface area contributed by atoms with Crippen molar-refractivity contribution < 1.29 is 42.2 Å². The van der Waals surface area contributed by atoms with Gasteiger partial charge in [0.15, 0.2) is 5.69 Å². The van der Waals surface area contributed by atoms with Crippen molar-refractivity contribution in [2.24, 2.45) is 0 Å². The van der Waals surface area contributed by atoms with E-state index < -0.39 is 65.6 Å². The fourth-order valence-corrected chi connectivity index (χ4v) is 5.74. The maximum atomic E-state index is 14.2. The number of esters is 1. The molecule has 0 aliphatic carbocycles. The molecule has 45 heavy (non-hydrogen) atoms. The van der Waals surface area contributed by atoms with Crippen LogP contribution in [-0.2, 0) is 27.4 Å². The topological polar surface area (TPSA) is 140 Å². The Labute approximate surface area is 257 Å². The smallest absolute Gasteiger partial charge is 0.410 e. The minimum Gasteiger partial charge on any atom is -0.451 e. The van der Waals surface area contributed by atoms with E-state index in [4.69, 9.17) is 14.2 Å². The Morgan fingerprint density at radius 2 is 1.89 bits per heavy atom. The summed E-state index contributed by atoms with van der Waals surface area (Å²) in [5.41, 5.74) is -2.20. The molecule has 15 heteroatoms. The van der Waals surface area contributed by atoms with Crippen LogP contribution in [0.15, 0.2) is 29.2 Å². The molecule has 1 aromatic carbocycles. The summed E-state index contributed by atoms with van der Waals surface area (Å²) >= 11 is 0. The monoisotopic (exact) mass is 631 g/mol. The van der Waals surface area contributed by atoms with Crippen LogP contribution in [0.1, 0.15) is 60.0 Å². The second-order valence-corrected chi connectivity index (χ2v) is 12.2. The molecule has 0 spiro atoms. The number of nitrogens with one attached hydrogen (secondary N) is 1. The number of hydrogen-bond acceptors (Lipinski definition) is 9. The van der Waals surface area contributed by atoms with Crippen LogP contribution in [0.25, 0.3) is 0 Å². The Hall–Kier alpha value is -4.53. The molecule has 2 aromatic rings. The van der Waals surface area contributed by atoms with Crippen molar-refractivity contribution in [3.63, 3.8) is 0 Å². The van der Waals surface area contributed by atoms with E-state index in [2.05, 4.69) is 10.2 Å². The highest BCUT2D eigenvalue weighted by molar-refractivity contribution is 5.99. The number of fused-ring (bicyclic) bond motifs is 4. The first-order valence-electron chi connectivity index (χ1n) is 14.5. The van der Waals surface area contributed by atoms with E-state index in [-0.39, 0.29) is 42.1 Å². The van der Waals surface area contributed by atoms with Gasteiger partial charge in [-0.15, -0.1) is 0 Å². The Morgan fingerprint density at radius 1 is 1.13 bits per heavy atom. The fourth-order valence-electron chi connectivity index (χ4n) is 5.74. The molecular formula is C30H35F2N5O8. The molecule has 1 N–H and O–H groups in total. The van der Waals surface area contributed by atoms with Crippen LogP contribution in [0.5, 0.6) is 5.75 Å². The number of likely N-dealkylation sites (N-methyl/N-ethyl adjacent to an activating group) is 1. The molecule has 4 heterocycles. The molecule has 1 aromatic heterocycles. The third-order valence-corrected chi connectivity index (χ3v) is 7.83. The summed E-state index contributed by atoms with van der Waals surface area (Å²) < 4.78 is 44.8. The van der Waals surface area contributed by atoms with Crippen molar-refractivity contribution in [2.45, 2.75) is 64.5 Å². The predicted molar refractivity (Wildman–Crippen MR) is 153 cm³/mol. The normalized spacial score (nSPS) is 19.0. The number of carbonyl (C=O) groups excluding carboxylic acids is 4. The van der Waals surface area contributed by atoms with Crippen molar-refractivity contribution in [2.75, 3.05) is 33.5 Å². The summed E-state index contributed by atoms with van der Waals surface area (Å²) in [6.07, 6.45) is 2.16. The van der Waals surface area contributed by atoms with Gasteiger partial charge in [0.1, 0.15) is 35.5 Å². The summed E-state index contributed by atoms with van der Waals surface area (Å²) in [5.74, 6) is -4.35. The molecule has 13 nitrogen and oxygen atoms in total. The maximum absolute atomic E-state index is 14.2. The highest BCUT2D eigenvalue weighted by Crippen LogP contribution is 2.35. The van der Waals surface area contributed by atoms with Gasteiger partial charge in [-0.25, -0.2) is 13.6 Å². The minimum atomic E-state index is -0.938. The number of ether oxygens (including phenoxy) is 3. The van der Waals surface area contributed by atoms with Gasteiger partial charge in [-0.1, -0.05) is 6.07 Å². The summed E-state index contributed by atoms with van der Waals surface area (Å²) in [5, 5.41) is 2.46. The summed E-state index contributed by atoms with van der Waals surface area (Å²) in [7, 11) is 1.34. The number of halogens is 2. The van der Waals surface area contributed by atoms with Crippen molar-refractivity contribution in [1.82, 2.24) is 24.6 Å². The maximum Gasteiger partial charge on any atom is 0.410 e. The third-order valence-electron chi connectivity index (χ3n) is 7.83. The van der Waals surface area contributed by atoms with Gasteiger partial charge >= 0.3 is 12.1 Å². The molecule has 242 valence electrons. The molecule has 0 unspecified atom stereocenters.